The lowest BCUT2D eigenvalue weighted by Crippen LogP contribution is -2.50. The summed E-state index contributed by atoms with van der Waals surface area (Å²) in [5, 5.41) is 7.60. The Morgan fingerprint density at radius 2 is 1.68 bits per heavy atom. The van der Waals surface area contributed by atoms with Crippen LogP contribution in [0.2, 0.25) is 0 Å². The zero-order valence-corrected chi connectivity index (χ0v) is 18.4. The van der Waals surface area contributed by atoms with E-state index in [9.17, 15) is 4.79 Å². The van der Waals surface area contributed by atoms with Crippen LogP contribution < -0.4 is 5.32 Å². The van der Waals surface area contributed by atoms with Gasteiger partial charge in [-0.1, -0.05) is 42.5 Å². The van der Waals surface area contributed by atoms with Gasteiger partial charge in [0, 0.05) is 44.1 Å². The Hall–Kier alpha value is -3.12. The largest absolute Gasteiger partial charge is 0.322 e. The molecule has 1 N–H and O–H groups in total. The highest BCUT2D eigenvalue weighted by molar-refractivity contribution is 5.89. The molecule has 1 fully saturated rings. The molecule has 2 aromatic carbocycles. The zero-order chi connectivity index (χ0) is 21.6. The summed E-state index contributed by atoms with van der Waals surface area (Å²) < 4.78 is 1.99. The molecule has 1 aliphatic rings. The molecule has 0 radical (unpaired) electrons. The van der Waals surface area contributed by atoms with E-state index >= 15 is 0 Å². The van der Waals surface area contributed by atoms with Crippen molar-refractivity contribution in [3.05, 3.63) is 83.2 Å². The lowest BCUT2D eigenvalue weighted by atomic mass is 10.1. The number of benzene rings is 2. The van der Waals surface area contributed by atoms with E-state index in [1.54, 1.807) is 0 Å². The number of urea groups is 1. The van der Waals surface area contributed by atoms with Crippen molar-refractivity contribution >= 4 is 11.7 Å². The third-order valence-electron chi connectivity index (χ3n) is 5.83. The summed E-state index contributed by atoms with van der Waals surface area (Å²) in [6.07, 6.45) is 1.05. The minimum absolute atomic E-state index is 0.0222. The Labute approximate surface area is 184 Å². The third-order valence-corrected chi connectivity index (χ3v) is 5.83. The van der Waals surface area contributed by atoms with E-state index in [4.69, 9.17) is 0 Å². The third kappa shape index (κ3) is 5.73. The monoisotopic (exact) mass is 417 g/mol. The molecule has 0 spiro atoms. The fraction of sp³-hybridized carbons (Fsp3) is 0.360. The lowest BCUT2D eigenvalue weighted by Gasteiger charge is -2.34. The normalized spacial score (nSPS) is 14.6. The highest BCUT2D eigenvalue weighted by Crippen LogP contribution is 2.15. The van der Waals surface area contributed by atoms with Crippen molar-refractivity contribution in [2.45, 2.75) is 26.8 Å². The summed E-state index contributed by atoms with van der Waals surface area (Å²) in [6.45, 7) is 9.14. The predicted molar refractivity (Wildman–Crippen MR) is 124 cm³/mol. The van der Waals surface area contributed by atoms with Gasteiger partial charge in [-0.2, -0.15) is 5.10 Å². The Balaban J connectivity index is 1.26. The SMILES string of the molecule is Cc1cc(C)n(Cc2cccc(NC(=O)N3CCN(CCc4ccccc4)CC3)c2)n1. The van der Waals surface area contributed by atoms with Gasteiger partial charge in [0.25, 0.3) is 0 Å². The van der Waals surface area contributed by atoms with Crippen molar-refractivity contribution in [1.82, 2.24) is 19.6 Å². The first kappa shape index (κ1) is 21.1. The molecule has 1 saturated heterocycles. The molecule has 6 heteroatoms. The number of aromatic nitrogens is 2. The van der Waals surface area contributed by atoms with Crippen LogP contribution >= 0.6 is 0 Å². The van der Waals surface area contributed by atoms with E-state index in [0.717, 1.165) is 61.8 Å². The smallest absolute Gasteiger partial charge is 0.321 e. The fourth-order valence-electron chi connectivity index (χ4n) is 4.06. The van der Waals surface area contributed by atoms with E-state index in [-0.39, 0.29) is 6.03 Å². The van der Waals surface area contributed by atoms with Gasteiger partial charge in [-0.15, -0.1) is 0 Å². The van der Waals surface area contributed by atoms with E-state index in [1.165, 1.54) is 5.56 Å². The van der Waals surface area contributed by atoms with E-state index in [0.29, 0.717) is 6.54 Å². The van der Waals surface area contributed by atoms with Crippen LogP contribution in [0.25, 0.3) is 0 Å². The molecule has 6 nitrogen and oxygen atoms in total. The molecular weight excluding hydrogens is 386 g/mol. The number of nitrogens with zero attached hydrogens (tertiary/aromatic N) is 4. The molecule has 0 bridgehead atoms. The van der Waals surface area contributed by atoms with Crippen molar-refractivity contribution in [2.24, 2.45) is 0 Å². The first-order valence-electron chi connectivity index (χ1n) is 11.0. The van der Waals surface area contributed by atoms with E-state index in [2.05, 4.69) is 64.7 Å². The summed E-state index contributed by atoms with van der Waals surface area (Å²) in [6, 6.07) is 20.7. The maximum absolute atomic E-state index is 12.8. The first-order chi connectivity index (χ1) is 15.1. The van der Waals surface area contributed by atoms with Crippen LogP contribution in [-0.4, -0.2) is 58.3 Å². The van der Waals surface area contributed by atoms with Gasteiger partial charge >= 0.3 is 6.03 Å². The van der Waals surface area contributed by atoms with Crippen molar-refractivity contribution < 1.29 is 4.79 Å². The van der Waals surface area contributed by atoms with Crippen LogP contribution in [0.4, 0.5) is 10.5 Å². The van der Waals surface area contributed by atoms with Gasteiger partial charge < -0.3 is 10.2 Å². The molecule has 31 heavy (non-hydrogen) atoms. The topological polar surface area (TPSA) is 53.4 Å². The maximum Gasteiger partial charge on any atom is 0.321 e. The van der Waals surface area contributed by atoms with Crippen LogP contribution in [0, 0.1) is 13.8 Å². The second kappa shape index (κ2) is 9.79. The molecule has 1 aliphatic heterocycles. The van der Waals surface area contributed by atoms with E-state index in [1.807, 2.05) is 34.7 Å². The summed E-state index contributed by atoms with van der Waals surface area (Å²) in [5.74, 6) is 0. The molecule has 2 heterocycles. The first-order valence-corrected chi connectivity index (χ1v) is 11.0. The number of anilines is 1. The minimum Gasteiger partial charge on any atom is -0.322 e. The highest BCUT2D eigenvalue weighted by atomic mass is 16.2. The van der Waals surface area contributed by atoms with Gasteiger partial charge in [-0.25, -0.2) is 4.79 Å². The number of carbonyl (C=O) groups excluding carboxylic acids is 1. The Kier molecular flexibility index (Phi) is 6.67. The van der Waals surface area contributed by atoms with Crippen molar-refractivity contribution in [3.8, 4) is 0 Å². The quantitative estimate of drug-likeness (QED) is 0.661. The number of hydrogen-bond acceptors (Lipinski definition) is 3. The van der Waals surface area contributed by atoms with Crippen molar-refractivity contribution in [2.75, 3.05) is 38.0 Å². The number of rotatable bonds is 6. The van der Waals surface area contributed by atoms with Crippen LogP contribution in [-0.2, 0) is 13.0 Å². The zero-order valence-electron chi connectivity index (χ0n) is 18.4. The van der Waals surface area contributed by atoms with Gasteiger partial charge in [0.1, 0.15) is 0 Å². The minimum atomic E-state index is -0.0222. The fourth-order valence-corrected chi connectivity index (χ4v) is 4.06. The average molecular weight is 418 g/mol. The number of carbonyl (C=O) groups is 1. The number of amides is 2. The standard InChI is InChI=1S/C25H31N5O/c1-20-17-21(2)30(27-20)19-23-9-6-10-24(18-23)26-25(31)29-15-13-28(14-16-29)12-11-22-7-4-3-5-8-22/h3-10,17-18H,11-16,19H2,1-2H3,(H,26,31). The van der Waals surface area contributed by atoms with Crippen LogP contribution in [0.1, 0.15) is 22.5 Å². The van der Waals surface area contributed by atoms with E-state index < -0.39 is 0 Å². The van der Waals surface area contributed by atoms with Crippen molar-refractivity contribution in [3.63, 3.8) is 0 Å². The summed E-state index contributed by atoms with van der Waals surface area (Å²) in [4.78, 5) is 17.1. The molecule has 2 amide bonds. The molecule has 0 atom stereocenters. The van der Waals surface area contributed by atoms with Gasteiger partial charge in [-0.05, 0) is 49.6 Å². The number of hydrogen-bond donors (Lipinski definition) is 1. The van der Waals surface area contributed by atoms with Crippen LogP contribution in [0.5, 0.6) is 0 Å². The average Bonchev–Trinajstić information content (AvgIpc) is 3.10. The second-order valence-corrected chi connectivity index (χ2v) is 8.28. The van der Waals surface area contributed by atoms with Gasteiger partial charge in [0.2, 0.25) is 0 Å². The number of aryl methyl sites for hydroxylation is 2. The predicted octanol–water partition coefficient (Wildman–Crippen LogP) is 3.94. The van der Waals surface area contributed by atoms with Gasteiger partial charge in [-0.3, -0.25) is 9.58 Å². The van der Waals surface area contributed by atoms with Gasteiger partial charge in [0.15, 0.2) is 0 Å². The number of piperazine rings is 1. The Bertz CT molecular complexity index is 1010. The highest BCUT2D eigenvalue weighted by Gasteiger charge is 2.21. The summed E-state index contributed by atoms with van der Waals surface area (Å²) in [5.41, 5.74) is 5.47. The second-order valence-electron chi connectivity index (χ2n) is 8.28. The molecule has 3 aromatic rings. The summed E-state index contributed by atoms with van der Waals surface area (Å²) >= 11 is 0. The Morgan fingerprint density at radius 1 is 0.935 bits per heavy atom. The maximum atomic E-state index is 12.8. The van der Waals surface area contributed by atoms with Gasteiger partial charge in [0.05, 0.1) is 12.2 Å². The lowest BCUT2D eigenvalue weighted by molar-refractivity contribution is 0.148. The molecule has 1 aromatic heterocycles. The van der Waals surface area contributed by atoms with Crippen LogP contribution in [0.3, 0.4) is 0 Å². The Morgan fingerprint density at radius 3 is 2.39 bits per heavy atom. The molecule has 0 aliphatic carbocycles. The van der Waals surface area contributed by atoms with Crippen molar-refractivity contribution in [1.29, 1.82) is 0 Å². The van der Waals surface area contributed by atoms with Crippen LogP contribution in [0.15, 0.2) is 60.7 Å². The number of nitrogens with one attached hydrogen (secondary N) is 1. The molecule has 0 saturated carbocycles. The molecular formula is C25H31N5O. The summed E-state index contributed by atoms with van der Waals surface area (Å²) in [7, 11) is 0. The molecule has 4 rings (SSSR count). The molecule has 0 unspecified atom stereocenters. The molecule has 162 valence electrons.